The number of nitrogens with zero attached hydrogens (tertiary/aromatic N) is 3. The molecular formula is C28H30N4O6. The molecule has 1 aromatic heterocycles. The summed E-state index contributed by atoms with van der Waals surface area (Å²) in [6.45, 7) is 0.344. The Hall–Kier alpha value is -4.44. The third-order valence-corrected chi connectivity index (χ3v) is 5.97. The highest BCUT2D eigenvalue weighted by Crippen LogP contribution is 2.28. The molecule has 4 rings (SSSR count). The molecule has 2 heterocycles. The smallest absolute Gasteiger partial charge is 0.323 e. The van der Waals surface area contributed by atoms with Crippen molar-refractivity contribution in [2.75, 3.05) is 51.3 Å². The molecule has 2 aromatic carbocycles. The summed E-state index contributed by atoms with van der Waals surface area (Å²) in [7, 11) is 0. The largest absolute Gasteiger partial charge is 0.489 e. The minimum atomic E-state index is -1.12. The lowest BCUT2D eigenvalue weighted by atomic mass is 10.1. The number of carboxylic acid groups (broad SMARTS) is 1. The predicted molar refractivity (Wildman–Crippen MR) is 141 cm³/mol. The Balaban J connectivity index is 1.56. The van der Waals surface area contributed by atoms with Crippen LogP contribution in [0.5, 0.6) is 5.75 Å². The molecule has 2 N–H and O–H groups in total. The van der Waals surface area contributed by atoms with Crippen LogP contribution in [0.25, 0.3) is 0 Å². The number of anilines is 2. The van der Waals surface area contributed by atoms with Gasteiger partial charge in [0.25, 0.3) is 5.91 Å². The lowest BCUT2D eigenvalue weighted by Gasteiger charge is -2.27. The van der Waals surface area contributed by atoms with Gasteiger partial charge in [-0.25, -0.2) is 4.98 Å². The van der Waals surface area contributed by atoms with E-state index < -0.39 is 24.3 Å². The minimum Gasteiger partial charge on any atom is -0.489 e. The second-order valence-corrected chi connectivity index (χ2v) is 8.65. The van der Waals surface area contributed by atoms with Gasteiger partial charge in [0.2, 0.25) is 5.91 Å². The molecule has 0 radical (unpaired) electrons. The van der Waals surface area contributed by atoms with E-state index in [1.165, 1.54) is 9.80 Å². The zero-order valence-electron chi connectivity index (χ0n) is 20.9. The number of benzene rings is 2. The molecule has 0 aliphatic carbocycles. The Morgan fingerprint density at radius 2 is 1.79 bits per heavy atom. The normalized spacial score (nSPS) is 13.9. The number of nitrogens with one attached hydrogen (secondary N) is 1. The van der Waals surface area contributed by atoms with Gasteiger partial charge in [0.1, 0.15) is 31.3 Å². The average Bonchev–Trinajstić information content (AvgIpc) is 2.93. The number of rotatable bonds is 7. The van der Waals surface area contributed by atoms with Crippen LogP contribution in [0.1, 0.15) is 15.9 Å². The minimum absolute atomic E-state index is 0.130. The van der Waals surface area contributed by atoms with Crippen LogP contribution in [-0.2, 0) is 20.7 Å². The topological polar surface area (TPSA) is 121 Å². The van der Waals surface area contributed by atoms with Gasteiger partial charge in [-0.2, -0.15) is 0 Å². The fraction of sp³-hybridized carbons (Fsp3) is 0.286. The summed E-state index contributed by atoms with van der Waals surface area (Å²) in [5, 5.41) is 12.6. The van der Waals surface area contributed by atoms with Crippen molar-refractivity contribution < 1.29 is 29.0 Å². The fourth-order valence-electron chi connectivity index (χ4n) is 4.04. The third-order valence-electron chi connectivity index (χ3n) is 5.97. The van der Waals surface area contributed by atoms with Crippen molar-refractivity contribution in [2.24, 2.45) is 0 Å². The molecule has 10 nitrogen and oxygen atoms in total. The Labute approximate surface area is 220 Å². The molecule has 3 aromatic rings. The van der Waals surface area contributed by atoms with Gasteiger partial charge in [-0.1, -0.05) is 42.5 Å². The molecule has 1 aliphatic rings. The number of carbonyl (C=O) groups is 3. The molecule has 0 unspecified atom stereocenters. The highest BCUT2D eigenvalue weighted by atomic mass is 16.5. The standard InChI is InChI=1S/C28H30N4O6/c33-25(31(20-26(34)35)14-12-21-7-2-1-3-8-21)19-32-15-16-37-17-18-38-24-11-5-4-10-23(24)30-27-22(28(32)36)9-6-13-29-27/h1-11,13H,12,14-20H2,(H,29,30)(H,34,35). The summed E-state index contributed by atoms with van der Waals surface area (Å²) in [5.41, 5.74) is 1.88. The number of hydrogen-bond donors (Lipinski definition) is 2. The summed E-state index contributed by atoms with van der Waals surface area (Å²) in [6, 6.07) is 20.1. The number of carbonyl (C=O) groups excluding carboxylic acids is 2. The Bertz CT molecular complexity index is 1250. The monoisotopic (exact) mass is 518 g/mol. The average molecular weight is 519 g/mol. The molecule has 1 aliphatic heterocycles. The van der Waals surface area contributed by atoms with Crippen molar-refractivity contribution >= 4 is 29.3 Å². The van der Waals surface area contributed by atoms with Gasteiger partial charge in [-0.05, 0) is 36.2 Å². The summed E-state index contributed by atoms with van der Waals surface area (Å²) < 4.78 is 11.5. The maximum absolute atomic E-state index is 13.7. The first-order valence-electron chi connectivity index (χ1n) is 12.4. The lowest BCUT2D eigenvalue weighted by molar-refractivity contribution is -0.144. The summed E-state index contributed by atoms with van der Waals surface area (Å²) in [6.07, 6.45) is 2.06. The van der Waals surface area contributed by atoms with Crippen molar-refractivity contribution in [3.63, 3.8) is 0 Å². The number of fused-ring (bicyclic) bond motifs is 2. The maximum Gasteiger partial charge on any atom is 0.323 e. The number of aliphatic carboxylic acids is 1. The molecule has 0 saturated carbocycles. The van der Waals surface area contributed by atoms with E-state index in [2.05, 4.69) is 10.3 Å². The van der Waals surface area contributed by atoms with E-state index >= 15 is 0 Å². The van der Waals surface area contributed by atoms with E-state index in [1.54, 1.807) is 18.3 Å². The van der Waals surface area contributed by atoms with Crippen molar-refractivity contribution in [1.29, 1.82) is 0 Å². The number of aromatic nitrogens is 1. The fourth-order valence-corrected chi connectivity index (χ4v) is 4.04. The zero-order chi connectivity index (χ0) is 26.7. The van der Waals surface area contributed by atoms with Crippen LogP contribution in [0.15, 0.2) is 72.9 Å². The first-order valence-corrected chi connectivity index (χ1v) is 12.4. The predicted octanol–water partition coefficient (Wildman–Crippen LogP) is 2.83. The van der Waals surface area contributed by atoms with E-state index in [0.29, 0.717) is 30.3 Å². The molecule has 0 atom stereocenters. The molecular weight excluding hydrogens is 488 g/mol. The number of para-hydroxylation sites is 2. The molecule has 0 saturated heterocycles. The van der Waals surface area contributed by atoms with Crippen molar-refractivity contribution in [3.8, 4) is 5.75 Å². The summed E-state index contributed by atoms with van der Waals surface area (Å²) in [5.74, 6) is -1.10. The van der Waals surface area contributed by atoms with Crippen LogP contribution < -0.4 is 10.1 Å². The highest BCUT2D eigenvalue weighted by molar-refractivity contribution is 6.01. The van der Waals surface area contributed by atoms with Crippen LogP contribution >= 0.6 is 0 Å². The van der Waals surface area contributed by atoms with Gasteiger partial charge in [0, 0.05) is 19.3 Å². The van der Waals surface area contributed by atoms with Gasteiger partial charge in [-0.15, -0.1) is 0 Å². The second kappa shape index (κ2) is 13.2. The van der Waals surface area contributed by atoms with Crippen LogP contribution in [0.3, 0.4) is 0 Å². The highest BCUT2D eigenvalue weighted by Gasteiger charge is 2.26. The molecule has 2 amide bonds. The second-order valence-electron chi connectivity index (χ2n) is 8.65. The van der Waals surface area contributed by atoms with E-state index in [9.17, 15) is 19.5 Å². The quantitative estimate of drug-likeness (QED) is 0.490. The van der Waals surface area contributed by atoms with Crippen molar-refractivity contribution in [1.82, 2.24) is 14.8 Å². The molecule has 0 fully saturated rings. The van der Waals surface area contributed by atoms with Gasteiger partial charge in [0.05, 0.1) is 24.5 Å². The van der Waals surface area contributed by atoms with Crippen LogP contribution in [0.2, 0.25) is 0 Å². The van der Waals surface area contributed by atoms with E-state index in [-0.39, 0.29) is 38.4 Å². The number of carboxylic acids is 1. The molecule has 0 spiro atoms. The summed E-state index contributed by atoms with van der Waals surface area (Å²) >= 11 is 0. The van der Waals surface area contributed by atoms with Crippen molar-refractivity contribution in [2.45, 2.75) is 6.42 Å². The molecule has 38 heavy (non-hydrogen) atoms. The molecule has 198 valence electrons. The Kier molecular flexibility index (Phi) is 9.25. The molecule has 0 bridgehead atoms. The number of pyridine rings is 1. The van der Waals surface area contributed by atoms with Gasteiger partial charge < -0.3 is 29.7 Å². The first-order chi connectivity index (χ1) is 18.5. The van der Waals surface area contributed by atoms with Crippen molar-refractivity contribution in [3.05, 3.63) is 84.1 Å². The number of hydrogen-bond acceptors (Lipinski definition) is 7. The number of amides is 2. The summed E-state index contributed by atoms with van der Waals surface area (Å²) in [4.78, 5) is 45.5. The number of ether oxygens (including phenoxy) is 2. The van der Waals surface area contributed by atoms with Crippen LogP contribution in [0, 0.1) is 0 Å². The molecule has 10 heteroatoms. The van der Waals surface area contributed by atoms with Crippen LogP contribution in [0.4, 0.5) is 11.5 Å². The third kappa shape index (κ3) is 7.30. The SMILES string of the molecule is O=C(O)CN(CCc1ccccc1)C(=O)CN1CCOCCOc2ccccc2Nc2ncccc2C1=O. The van der Waals surface area contributed by atoms with Gasteiger partial charge in [-0.3, -0.25) is 14.4 Å². The van der Waals surface area contributed by atoms with Crippen LogP contribution in [-0.4, -0.2) is 83.7 Å². The van der Waals surface area contributed by atoms with E-state index in [1.807, 2.05) is 54.6 Å². The van der Waals surface area contributed by atoms with E-state index in [4.69, 9.17) is 9.47 Å². The first kappa shape index (κ1) is 26.6. The Morgan fingerprint density at radius 1 is 1.00 bits per heavy atom. The van der Waals surface area contributed by atoms with Gasteiger partial charge in [0.15, 0.2) is 0 Å². The lowest BCUT2D eigenvalue weighted by Crippen LogP contribution is -2.46. The van der Waals surface area contributed by atoms with Gasteiger partial charge >= 0.3 is 5.97 Å². The maximum atomic E-state index is 13.7. The zero-order valence-corrected chi connectivity index (χ0v) is 20.9. The Morgan fingerprint density at radius 3 is 2.61 bits per heavy atom. The van der Waals surface area contributed by atoms with E-state index in [0.717, 1.165) is 5.56 Å².